The third-order valence-corrected chi connectivity index (χ3v) is 3.30. The Kier molecular flexibility index (Phi) is 4.73. The summed E-state index contributed by atoms with van der Waals surface area (Å²) < 4.78 is 10.2. The number of hydrogen-bond donors (Lipinski definition) is 1. The second-order valence-electron chi connectivity index (χ2n) is 3.78. The summed E-state index contributed by atoms with van der Waals surface area (Å²) >= 11 is 1.31. The molecular formula is C14H13NO4S. The smallest absolute Gasteiger partial charge is 0.330 e. The molecule has 0 saturated heterocycles. The minimum absolute atomic E-state index is 0.200. The van der Waals surface area contributed by atoms with E-state index in [0.29, 0.717) is 16.4 Å². The van der Waals surface area contributed by atoms with Crippen LogP contribution < -0.4 is 14.8 Å². The van der Waals surface area contributed by atoms with Gasteiger partial charge in [0.2, 0.25) is 0 Å². The fraction of sp³-hybridized carbons (Fsp3) is 0.143. The molecule has 0 radical (unpaired) electrons. The van der Waals surface area contributed by atoms with Gasteiger partial charge in [0.05, 0.1) is 12.0 Å². The lowest BCUT2D eigenvalue weighted by Gasteiger charge is -2.09. The fourth-order valence-electron chi connectivity index (χ4n) is 1.51. The van der Waals surface area contributed by atoms with E-state index < -0.39 is 5.97 Å². The second kappa shape index (κ2) is 6.72. The molecule has 1 heterocycles. The molecule has 0 saturated carbocycles. The van der Waals surface area contributed by atoms with Crippen LogP contribution in [0.3, 0.4) is 0 Å². The molecule has 6 heteroatoms. The molecule has 104 valence electrons. The molecule has 0 bridgehead atoms. The van der Waals surface area contributed by atoms with Gasteiger partial charge in [-0.05, 0) is 23.6 Å². The minimum Gasteiger partial charge on any atom is -0.493 e. The van der Waals surface area contributed by atoms with Gasteiger partial charge in [-0.1, -0.05) is 18.2 Å². The van der Waals surface area contributed by atoms with Gasteiger partial charge in [-0.15, -0.1) is 11.3 Å². The average molecular weight is 291 g/mol. The van der Waals surface area contributed by atoms with Crippen molar-refractivity contribution in [2.45, 2.75) is 0 Å². The van der Waals surface area contributed by atoms with E-state index in [1.165, 1.54) is 18.4 Å². The summed E-state index contributed by atoms with van der Waals surface area (Å²) in [6, 6.07) is 10.3. The number of rotatable bonds is 5. The van der Waals surface area contributed by atoms with Gasteiger partial charge in [0.25, 0.3) is 5.91 Å². The monoisotopic (exact) mass is 291 g/mol. The largest absolute Gasteiger partial charge is 0.493 e. The molecular weight excluding hydrogens is 278 g/mol. The third kappa shape index (κ3) is 3.58. The van der Waals surface area contributed by atoms with Crippen molar-refractivity contribution in [3.63, 3.8) is 0 Å². The maximum Gasteiger partial charge on any atom is 0.330 e. The zero-order valence-corrected chi connectivity index (χ0v) is 11.6. The van der Waals surface area contributed by atoms with E-state index in [9.17, 15) is 9.59 Å². The van der Waals surface area contributed by atoms with Crippen LogP contribution in [-0.2, 0) is 4.79 Å². The number of nitrogens with one attached hydrogen (secondary N) is 1. The van der Waals surface area contributed by atoms with Crippen LogP contribution in [0.4, 0.5) is 0 Å². The highest BCUT2D eigenvalue weighted by molar-refractivity contribution is 7.12. The van der Waals surface area contributed by atoms with Crippen molar-refractivity contribution in [1.82, 2.24) is 5.32 Å². The summed E-state index contributed by atoms with van der Waals surface area (Å²) in [6.45, 7) is -0.200. The van der Waals surface area contributed by atoms with Crippen LogP contribution in [0.1, 0.15) is 9.67 Å². The summed E-state index contributed by atoms with van der Waals surface area (Å²) in [5, 5.41) is 4.29. The number of carbonyl (C=O) groups is 2. The molecule has 0 aliphatic heterocycles. The Hall–Kier alpha value is -2.34. The van der Waals surface area contributed by atoms with Crippen molar-refractivity contribution >= 4 is 23.2 Å². The van der Waals surface area contributed by atoms with E-state index in [4.69, 9.17) is 9.47 Å². The standard InChI is InChI=1S/C14H13NO4S/c1-18-10-5-2-3-6-11(10)19-13(16)9-15-14(17)12-7-4-8-20-12/h2-8H,9H2,1H3,(H,15,17). The first-order valence-electron chi connectivity index (χ1n) is 5.86. The van der Waals surface area contributed by atoms with Gasteiger partial charge in [0.1, 0.15) is 6.54 Å². The Labute approximate surface area is 120 Å². The first-order valence-corrected chi connectivity index (χ1v) is 6.74. The van der Waals surface area contributed by atoms with Crippen molar-refractivity contribution in [2.24, 2.45) is 0 Å². The topological polar surface area (TPSA) is 64.6 Å². The highest BCUT2D eigenvalue weighted by atomic mass is 32.1. The zero-order chi connectivity index (χ0) is 14.4. The van der Waals surface area contributed by atoms with E-state index in [-0.39, 0.29) is 12.5 Å². The molecule has 1 amide bonds. The van der Waals surface area contributed by atoms with E-state index >= 15 is 0 Å². The molecule has 0 aliphatic carbocycles. The molecule has 1 aromatic heterocycles. The molecule has 0 fully saturated rings. The quantitative estimate of drug-likeness (QED) is 0.677. The lowest BCUT2D eigenvalue weighted by Crippen LogP contribution is -2.31. The predicted molar refractivity (Wildman–Crippen MR) is 75.3 cm³/mol. The van der Waals surface area contributed by atoms with Crippen LogP contribution in [0.15, 0.2) is 41.8 Å². The number of para-hydroxylation sites is 2. The Morgan fingerprint density at radius 1 is 1.15 bits per heavy atom. The van der Waals surface area contributed by atoms with E-state index in [1.54, 1.807) is 41.8 Å². The lowest BCUT2D eigenvalue weighted by molar-refractivity contribution is -0.133. The Morgan fingerprint density at radius 2 is 1.90 bits per heavy atom. The molecule has 20 heavy (non-hydrogen) atoms. The molecule has 1 N–H and O–H groups in total. The van der Waals surface area contributed by atoms with Gasteiger partial charge < -0.3 is 14.8 Å². The first-order chi connectivity index (χ1) is 9.70. The van der Waals surface area contributed by atoms with E-state index in [2.05, 4.69) is 5.32 Å². The number of carbonyl (C=O) groups excluding carboxylic acids is 2. The van der Waals surface area contributed by atoms with Crippen molar-refractivity contribution in [3.8, 4) is 11.5 Å². The molecule has 0 spiro atoms. The van der Waals surface area contributed by atoms with Gasteiger partial charge in [-0.3, -0.25) is 4.79 Å². The van der Waals surface area contributed by atoms with Crippen LogP contribution in [0, 0.1) is 0 Å². The van der Waals surface area contributed by atoms with Crippen LogP contribution in [-0.4, -0.2) is 25.5 Å². The average Bonchev–Trinajstić information content (AvgIpc) is 2.99. The maximum absolute atomic E-state index is 11.7. The molecule has 0 atom stereocenters. The summed E-state index contributed by atoms with van der Waals surface area (Å²) in [5.41, 5.74) is 0. The number of amides is 1. The number of methoxy groups -OCH3 is 1. The van der Waals surface area contributed by atoms with Gasteiger partial charge in [0, 0.05) is 0 Å². The normalized spacial score (nSPS) is 9.85. The molecule has 0 aliphatic rings. The van der Waals surface area contributed by atoms with Crippen LogP contribution in [0.2, 0.25) is 0 Å². The van der Waals surface area contributed by atoms with Crippen molar-refractivity contribution in [3.05, 3.63) is 46.7 Å². The van der Waals surface area contributed by atoms with E-state index in [0.717, 1.165) is 0 Å². The Morgan fingerprint density at radius 3 is 2.55 bits per heavy atom. The number of hydrogen-bond acceptors (Lipinski definition) is 5. The van der Waals surface area contributed by atoms with Crippen molar-refractivity contribution in [1.29, 1.82) is 0 Å². The number of ether oxygens (including phenoxy) is 2. The molecule has 5 nitrogen and oxygen atoms in total. The first kappa shape index (κ1) is 14.1. The number of esters is 1. The molecule has 2 aromatic rings. The highest BCUT2D eigenvalue weighted by Crippen LogP contribution is 2.25. The van der Waals surface area contributed by atoms with Gasteiger partial charge in [-0.2, -0.15) is 0 Å². The molecule has 2 rings (SSSR count). The van der Waals surface area contributed by atoms with Gasteiger partial charge in [-0.25, -0.2) is 4.79 Å². The Balaban J connectivity index is 1.88. The summed E-state index contributed by atoms with van der Waals surface area (Å²) in [5.74, 6) is -0.0628. The SMILES string of the molecule is COc1ccccc1OC(=O)CNC(=O)c1cccs1. The third-order valence-electron chi connectivity index (χ3n) is 2.43. The van der Waals surface area contributed by atoms with Crippen molar-refractivity contribution < 1.29 is 19.1 Å². The second-order valence-corrected chi connectivity index (χ2v) is 4.73. The van der Waals surface area contributed by atoms with E-state index in [1.807, 2.05) is 0 Å². The fourth-order valence-corrected chi connectivity index (χ4v) is 2.15. The van der Waals surface area contributed by atoms with Crippen molar-refractivity contribution in [2.75, 3.05) is 13.7 Å². The summed E-state index contributed by atoms with van der Waals surface area (Å²) in [4.78, 5) is 23.9. The van der Waals surface area contributed by atoms with Gasteiger partial charge in [0.15, 0.2) is 11.5 Å². The number of benzene rings is 1. The minimum atomic E-state index is -0.556. The lowest BCUT2D eigenvalue weighted by atomic mass is 10.3. The van der Waals surface area contributed by atoms with Crippen LogP contribution >= 0.6 is 11.3 Å². The maximum atomic E-state index is 11.7. The van der Waals surface area contributed by atoms with Crippen LogP contribution in [0.25, 0.3) is 0 Å². The van der Waals surface area contributed by atoms with Gasteiger partial charge >= 0.3 is 5.97 Å². The molecule has 0 unspecified atom stereocenters. The highest BCUT2D eigenvalue weighted by Gasteiger charge is 2.12. The zero-order valence-electron chi connectivity index (χ0n) is 10.8. The Bertz CT molecular complexity index is 595. The summed E-state index contributed by atoms with van der Waals surface area (Å²) in [6.07, 6.45) is 0. The molecule has 1 aromatic carbocycles. The summed E-state index contributed by atoms with van der Waals surface area (Å²) in [7, 11) is 1.49. The van der Waals surface area contributed by atoms with Crippen LogP contribution in [0.5, 0.6) is 11.5 Å². The predicted octanol–water partition coefficient (Wildman–Crippen LogP) is 2.09. The number of thiophene rings is 1.